The van der Waals surface area contributed by atoms with Gasteiger partial charge < -0.3 is 0 Å². The first-order chi connectivity index (χ1) is 13.8. The van der Waals surface area contributed by atoms with E-state index < -0.39 is 0 Å². The summed E-state index contributed by atoms with van der Waals surface area (Å²) in [6, 6.07) is 17.1. The highest BCUT2D eigenvalue weighted by Gasteiger charge is 2.23. The van der Waals surface area contributed by atoms with Crippen molar-refractivity contribution in [3.05, 3.63) is 70.3 Å². The maximum atomic E-state index is 2.50. The topological polar surface area (TPSA) is 0 Å². The molecule has 2 aromatic carbocycles. The molecule has 0 amide bonds. The predicted octanol–water partition coefficient (Wildman–Crippen LogP) is 7.99. The zero-order valence-electron chi connectivity index (χ0n) is 18.1. The summed E-state index contributed by atoms with van der Waals surface area (Å²) in [6.45, 7) is 4.64. The van der Waals surface area contributed by atoms with Crippen molar-refractivity contribution >= 4 is 0 Å². The number of hydrogen-bond acceptors (Lipinski definition) is 0. The summed E-state index contributed by atoms with van der Waals surface area (Å²) < 4.78 is 0. The summed E-state index contributed by atoms with van der Waals surface area (Å²) >= 11 is 0. The van der Waals surface area contributed by atoms with Crippen molar-refractivity contribution in [3.8, 4) is 0 Å². The molecule has 0 aliphatic heterocycles. The molecule has 0 spiro atoms. The van der Waals surface area contributed by atoms with Crippen molar-refractivity contribution in [3.63, 3.8) is 0 Å². The molecule has 28 heavy (non-hydrogen) atoms. The molecular weight excluding hydrogens is 336 g/mol. The molecule has 0 radical (unpaired) electrons. The Labute approximate surface area is 172 Å². The number of benzene rings is 2. The van der Waals surface area contributed by atoms with Gasteiger partial charge in [0.25, 0.3) is 0 Å². The normalized spacial score (nSPS) is 24.7. The molecule has 0 N–H and O–H groups in total. The average Bonchev–Trinajstić information content (AvgIpc) is 2.77. The van der Waals surface area contributed by atoms with E-state index in [-0.39, 0.29) is 0 Å². The number of unbranched alkanes of at least 4 members (excludes halogenated alkanes) is 1. The second-order valence-electron chi connectivity index (χ2n) is 9.44. The van der Waals surface area contributed by atoms with E-state index in [1.54, 1.807) is 27.8 Å². The minimum Gasteiger partial charge on any atom is -0.0654 e. The van der Waals surface area contributed by atoms with Crippen LogP contribution in [0.4, 0.5) is 0 Å². The van der Waals surface area contributed by atoms with Gasteiger partial charge in [-0.25, -0.2) is 0 Å². The average molecular weight is 375 g/mol. The summed E-state index contributed by atoms with van der Waals surface area (Å²) in [7, 11) is 0. The highest BCUT2D eigenvalue weighted by Crippen LogP contribution is 2.38. The first-order valence-electron chi connectivity index (χ1n) is 12.0. The number of aryl methyl sites for hydroxylation is 2. The molecule has 2 aromatic rings. The molecule has 0 heteroatoms. The van der Waals surface area contributed by atoms with Crippen molar-refractivity contribution in [2.75, 3.05) is 0 Å². The Balaban J connectivity index is 1.39. The second-order valence-corrected chi connectivity index (χ2v) is 9.44. The van der Waals surface area contributed by atoms with Gasteiger partial charge in [0.1, 0.15) is 0 Å². The third-order valence-electron chi connectivity index (χ3n) is 7.62. The van der Waals surface area contributed by atoms with Crippen LogP contribution in [0, 0.1) is 5.92 Å². The van der Waals surface area contributed by atoms with Gasteiger partial charge in [-0.2, -0.15) is 0 Å². The zero-order chi connectivity index (χ0) is 19.3. The van der Waals surface area contributed by atoms with Crippen LogP contribution in [-0.2, 0) is 19.3 Å². The van der Waals surface area contributed by atoms with Gasteiger partial charge in [0.15, 0.2) is 0 Å². The molecular formula is C28H38. The second kappa shape index (κ2) is 9.29. The summed E-state index contributed by atoms with van der Waals surface area (Å²) in [4.78, 5) is 0. The Morgan fingerprint density at radius 1 is 0.750 bits per heavy atom. The first-order valence-corrected chi connectivity index (χ1v) is 12.0. The van der Waals surface area contributed by atoms with Crippen LogP contribution in [0.15, 0.2) is 42.5 Å². The Morgan fingerprint density at radius 3 is 2.14 bits per heavy atom. The van der Waals surface area contributed by atoms with Gasteiger partial charge in [0.2, 0.25) is 0 Å². The van der Waals surface area contributed by atoms with Crippen molar-refractivity contribution in [1.82, 2.24) is 0 Å². The van der Waals surface area contributed by atoms with Crippen LogP contribution in [0.3, 0.4) is 0 Å². The standard InChI is InChI=1S/C28H38/c1-3-5-6-22-9-12-28-20-27(18-17-26(28)19-22)25-15-13-24(14-16-25)23-10-7-21(4-2)8-11-23/h9,12-16,19,21,23,27H,3-8,10-11,17-18,20H2,1-2H3. The molecule has 0 aromatic heterocycles. The van der Waals surface area contributed by atoms with Gasteiger partial charge in [-0.3, -0.25) is 0 Å². The highest BCUT2D eigenvalue weighted by molar-refractivity contribution is 5.38. The van der Waals surface area contributed by atoms with E-state index in [0.717, 1.165) is 11.8 Å². The van der Waals surface area contributed by atoms with Crippen LogP contribution in [0.25, 0.3) is 0 Å². The van der Waals surface area contributed by atoms with E-state index >= 15 is 0 Å². The third kappa shape index (κ3) is 4.53. The largest absolute Gasteiger partial charge is 0.0654 e. The van der Waals surface area contributed by atoms with E-state index in [2.05, 4.69) is 56.3 Å². The van der Waals surface area contributed by atoms with Crippen molar-refractivity contribution in [2.45, 2.75) is 96.3 Å². The molecule has 0 saturated heterocycles. The fourth-order valence-electron chi connectivity index (χ4n) is 5.57. The number of fused-ring (bicyclic) bond motifs is 1. The van der Waals surface area contributed by atoms with Gasteiger partial charge in [0.05, 0.1) is 0 Å². The fourth-order valence-corrected chi connectivity index (χ4v) is 5.57. The zero-order valence-corrected chi connectivity index (χ0v) is 18.1. The highest BCUT2D eigenvalue weighted by atomic mass is 14.3. The molecule has 2 aliphatic carbocycles. The Bertz CT molecular complexity index is 746. The maximum Gasteiger partial charge on any atom is -0.0118 e. The smallest absolute Gasteiger partial charge is 0.0118 e. The molecule has 0 bridgehead atoms. The van der Waals surface area contributed by atoms with E-state index in [9.17, 15) is 0 Å². The van der Waals surface area contributed by atoms with Crippen LogP contribution in [-0.4, -0.2) is 0 Å². The lowest BCUT2D eigenvalue weighted by atomic mass is 9.76. The van der Waals surface area contributed by atoms with E-state index in [1.807, 2.05) is 0 Å². The minimum atomic E-state index is 0.707. The summed E-state index contributed by atoms with van der Waals surface area (Å²) in [5.41, 5.74) is 7.91. The summed E-state index contributed by atoms with van der Waals surface area (Å²) in [5, 5.41) is 0. The fraction of sp³-hybridized carbons (Fsp3) is 0.571. The van der Waals surface area contributed by atoms with Crippen LogP contribution in [0.5, 0.6) is 0 Å². The predicted molar refractivity (Wildman–Crippen MR) is 121 cm³/mol. The van der Waals surface area contributed by atoms with Crippen molar-refractivity contribution in [2.24, 2.45) is 5.92 Å². The molecule has 4 rings (SSSR count). The lowest BCUT2D eigenvalue weighted by molar-refractivity contribution is 0.319. The molecule has 1 atom stereocenters. The third-order valence-corrected chi connectivity index (χ3v) is 7.62. The lowest BCUT2D eigenvalue weighted by Gasteiger charge is -2.29. The molecule has 1 fully saturated rings. The molecule has 150 valence electrons. The molecule has 2 aliphatic rings. The van der Waals surface area contributed by atoms with Gasteiger partial charge in [-0.15, -0.1) is 0 Å². The van der Waals surface area contributed by atoms with Gasteiger partial charge in [-0.05, 0) is 103 Å². The van der Waals surface area contributed by atoms with E-state index in [0.29, 0.717) is 5.92 Å². The van der Waals surface area contributed by atoms with E-state index in [4.69, 9.17) is 0 Å². The number of hydrogen-bond donors (Lipinski definition) is 0. The Hall–Kier alpha value is -1.56. The van der Waals surface area contributed by atoms with Crippen LogP contribution < -0.4 is 0 Å². The van der Waals surface area contributed by atoms with Crippen molar-refractivity contribution in [1.29, 1.82) is 0 Å². The van der Waals surface area contributed by atoms with E-state index in [1.165, 1.54) is 70.6 Å². The lowest BCUT2D eigenvalue weighted by Crippen LogP contribution is -2.14. The minimum absolute atomic E-state index is 0.707. The van der Waals surface area contributed by atoms with Gasteiger partial charge in [0, 0.05) is 0 Å². The summed E-state index contributed by atoms with van der Waals surface area (Å²) in [5.74, 6) is 2.50. The monoisotopic (exact) mass is 374 g/mol. The first kappa shape index (κ1) is 19.7. The number of rotatable bonds is 6. The van der Waals surface area contributed by atoms with Crippen molar-refractivity contribution < 1.29 is 0 Å². The Kier molecular flexibility index (Phi) is 6.55. The van der Waals surface area contributed by atoms with Crippen LogP contribution in [0.1, 0.15) is 105 Å². The molecule has 1 saturated carbocycles. The van der Waals surface area contributed by atoms with Gasteiger partial charge >= 0.3 is 0 Å². The molecule has 0 heterocycles. The van der Waals surface area contributed by atoms with Gasteiger partial charge in [-0.1, -0.05) is 69.2 Å². The molecule has 1 unspecified atom stereocenters. The summed E-state index contributed by atoms with van der Waals surface area (Å²) in [6.07, 6.45) is 14.7. The van der Waals surface area contributed by atoms with Crippen LogP contribution >= 0.6 is 0 Å². The maximum absolute atomic E-state index is 2.50. The quantitative estimate of drug-likeness (QED) is 0.480. The SMILES string of the molecule is CCCCc1ccc2c(c1)CCC(c1ccc(C3CCC(CC)CC3)cc1)C2. The molecule has 0 nitrogen and oxygen atoms in total. The Morgan fingerprint density at radius 2 is 1.46 bits per heavy atom. The van der Waals surface area contributed by atoms with Crippen LogP contribution in [0.2, 0.25) is 0 Å².